The molecule has 0 saturated carbocycles. The Hall–Kier alpha value is -3.06. The van der Waals surface area contributed by atoms with E-state index in [2.05, 4.69) is 15.3 Å². The Morgan fingerprint density at radius 2 is 1.96 bits per heavy atom. The van der Waals surface area contributed by atoms with Crippen LogP contribution in [0.4, 0.5) is 9.52 Å². The van der Waals surface area contributed by atoms with Crippen molar-refractivity contribution >= 4 is 43.5 Å². The molecule has 0 atom stereocenters. The molecule has 7 heteroatoms. The minimum absolute atomic E-state index is 0.299. The smallest absolute Gasteiger partial charge is 0.259 e. The molecular formula is C19H14FN3O2S. The van der Waals surface area contributed by atoms with E-state index in [0.29, 0.717) is 27.3 Å². The van der Waals surface area contributed by atoms with Crippen molar-refractivity contribution in [2.75, 3.05) is 12.4 Å². The second-order valence-electron chi connectivity index (χ2n) is 5.77. The maximum absolute atomic E-state index is 13.3. The molecule has 0 aliphatic rings. The summed E-state index contributed by atoms with van der Waals surface area (Å²) in [5, 5.41) is 4.02. The van der Waals surface area contributed by atoms with E-state index in [1.54, 1.807) is 26.2 Å². The zero-order valence-corrected chi connectivity index (χ0v) is 14.9. The van der Waals surface area contributed by atoms with Gasteiger partial charge in [0.05, 0.1) is 34.1 Å². The van der Waals surface area contributed by atoms with Crippen molar-refractivity contribution in [1.29, 1.82) is 0 Å². The number of rotatable bonds is 3. The Balaban J connectivity index is 1.66. The number of carbonyl (C=O) groups excluding carboxylic acids is 1. The summed E-state index contributed by atoms with van der Waals surface area (Å²) in [6.45, 7) is 1.72. The molecule has 0 aliphatic carbocycles. The van der Waals surface area contributed by atoms with Crippen LogP contribution in [-0.4, -0.2) is 23.0 Å². The Morgan fingerprint density at radius 3 is 2.77 bits per heavy atom. The molecule has 0 saturated heterocycles. The van der Waals surface area contributed by atoms with Gasteiger partial charge >= 0.3 is 0 Å². The number of ether oxygens (including phenoxy) is 1. The fraction of sp³-hybridized carbons (Fsp3) is 0.105. The maximum Gasteiger partial charge on any atom is 0.259 e. The van der Waals surface area contributed by atoms with E-state index in [0.717, 1.165) is 16.0 Å². The average molecular weight is 367 g/mol. The lowest BCUT2D eigenvalue weighted by Gasteiger charge is -2.07. The fourth-order valence-electron chi connectivity index (χ4n) is 2.72. The predicted molar refractivity (Wildman–Crippen MR) is 101 cm³/mol. The highest BCUT2D eigenvalue weighted by atomic mass is 32.1. The maximum atomic E-state index is 13.3. The Morgan fingerprint density at radius 1 is 1.12 bits per heavy atom. The molecular weight excluding hydrogens is 353 g/mol. The van der Waals surface area contributed by atoms with Crippen molar-refractivity contribution in [3.05, 3.63) is 59.5 Å². The van der Waals surface area contributed by atoms with Crippen LogP contribution in [0.2, 0.25) is 0 Å². The van der Waals surface area contributed by atoms with Gasteiger partial charge in [-0.25, -0.2) is 9.37 Å². The first-order valence-corrected chi connectivity index (χ1v) is 8.68. The molecule has 1 N–H and O–H groups in total. The summed E-state index contributed by atoms with van der Waals surface area (Å²) in [6.07, 6.45) is 0. The second-order valence-corrected chi connectivity index (χ2v) is 6.80. The van der Waals surface area contributed by atoms with E-state index in [4.69, 9.17) is 4.74 Å². The van der Waals surface area contributed by atoms with Crippen molar-refractivity contribution in [2.24, 2.45) is 0 Å². The number of methoxy groups -OCH3 is 1. The lowest BCUT2D eigenvalue weighted by Crippen LogP contribution is -2.14. The molecule has 0 unspecified atom stereocenters. The van der Waals surface area contributed by atoms with Crippen molar-refractivity contribution in [3.8, 4) is 5.75 Å². The van der Waals surface area contributed by atoms with Gasteiger partial charge in [0.25, 0.3) is 5.91 Å². The van der Waals surface area contributed by atoms with Gasteiger partial charge in [-0.2, -0.15) is 0 Å². The highest BCUT2D eigenvalue weighted by Crippen LogP contribution is 2.29. The number of nitrogens with one attached hydrogen (secondary N) is 1. The molecule has 130 valence electrons. The molecule has 26 heavy (non-hydrogen) atoms. The summed E-state index contributed by atoms with van der Waals surface area (Å²) >= 11 is 1.37. The summed E-state index contributed by atoms with van der Waals surface area (Å²) in [4.78, 5) is 21.4. The molecule has 0 radical (unpaired) electrons. The van der Waals surface area contributed by atoms with Crippen LogP contribution in [0.25, 0.3) is 21.1 Å². The van der Waals surface area contributed by atoms with E-state index in [9.17, 15) is 9.18 Å². The molecule has 2 aromatic carbocycles. The molecule has 0 bridgehead atoms. The molecule has 0 fully saturated rings. The zero-order valence-electron chi connectivity index (χ0n) is 14.0. The number of carbonyl (C=O) groups is 1. The molecule has 2 heterocycles. The van der Waals surface area contributed by atoms with E-state index in [1.165, 1.54) is 23.5 Å². The van der Waals surface area contributed by atoms with E-state index < -0.39 is 0 Å². The summed E-state index contributed by atoms with van der Waals surface area (Å²) in [6, 6.07) is 11.6. The highest BCUT2D eigenvalue weighted by Gasteiger charge is 2.15. The third kappa shape index (κ3) is 2.97. The van der Waals surface area contributed by atoms with Crippen molar-refractivity contribution < 1.29 is 13.9 Å². The Labute approximate surface area is 152 Å². The van der Waals surface area contributed by atoms with Crippen LogP contribution >= 0.6 is 11.3 Å². The summed E-state index contributed by atoms with van der Waals surface area (Å²) in [7, 11) is 1.60. The van der Waals surface area contributed by atoms with Gasteiger partial charge in [0, 0.05) is 11.5 Å². The Kier molecular flexibility index (Phi) is 4.00. The monoisotopic (exact) mass is 367 g/mol. The lowest BCUT2D eigenvalue weighted by molar-refractivity contribution is 0.102. The topological polar surface area (TPSA) is 64.1 Å². The number of fused-ring (bicyclic) bond motifs is 2. The largest absolute Gasteiger partial charge is 0.497 e. The lowest BCUT2D eigenvalue weighted by atomic mass is 10.1. The summed E-state index contributed by atoms with van der Waals surface area (Å²) in [5.74, 6) is 0.0829. The van der Waals surface area contributed by atoms with Crippen LogP contribution < -0.4 is 10.1 Å². The number of thiazole rings is 1. The molecule has 1 amide bonds. The van der Waals surface area contributed by atoms with Crippen LogP contribution in [0.5, 0.6) is 5.75 Å². The average Bonchev–Trinajstić information content (AvgIpc) is 3.01. The quantitative estimate of drug-likeness (QED) is 0.577. The van der Waals surface area contributed by atoms with Gasteiger partial charge in [-0.05, 0) is 43.3 Å². The number of hydrogen-bond donors (Lipinski definition) is 1. The van der Waals surface area contributed by atoms with Crippen molar-refractivity contribution in [1.82, 2.24) is 9.97 Å². The minimum atomic E-state index is -0.355. The van der Waals surface area contributed by atoms with Crippen molar-refractivity contribution in [2.45, 2.75) is 6.92 Å². The highest BCUT2D eigenvalue weighted by molar-refractivity contribution is 7.22. The number of pyridine rings is 1. The van der Waals surface area contributed by atoms with E-state index in [1.807, 2.05) is 18.2 Å². The van der Waals surface area contributed by atoms with Crippen LogP contribution in [0, 0.1) is 12.7 Å². The molecule has 4 aromatic rings. The standard InChI is InChI=1S/C19H14FN3O2S/c1-10-14(7-11-3-4-12(20)8-16(11)21-10)18(24)23-19-22-15-6-5-13(25-2)9-17(15)26-19/h3-9H,1-2H3,(H,22,23,24). The zero-order chi connectivity index (χ0) is 18.3. The molecule has 2 aromatic heterocycles. The van der Waals surface area contributed by atoms with Gasteiger partial charge in [0.2, 0.25) is 0 Å². The molecule has 0 aliphatic heterocycles. The van der Waals surface area contributed by atoms with E-state index in [-0.39, 0.29) is 11.7 Å². The first-order valence-electron chi connectivity index (χ1n) is 7.86. The van der Waals surface area contributed by atoms with Gasteiger partial charge in [-0.3, -0.25) is 15.1 Å². The van der Waals surface area contributed by atoms with Gasteiger partial charge in [0.15, 0.2) is 5.13 Å². The first-order chi connectivity index (χ1) is 12.5. The minimum Gasteiger partial charge on any atom is -0.497 e. The number of amides is 1. The molecule has 4 rings (SSSR count). The second kappa shape index (κ2) is 6.34. The van der Waals surface area contributed by atoms with Gasteiger partial charge in [-0.15, -0.1) is 0 Å². The number of benzene rings is 2. The number of hydrogen-bond acceptors (Lipinski definition) is 5. The summed E-state index contributed by atoms with van der Waals surface area (Å²) in [5.41, 5.74) is 2.27. The van der Waals surface area contributed by atoms with Crippen LogP contribution in [0.15, 0.2) is 42.5 Å². The van der Waals surface area contributed by atoms with Gasteiger partial charge in [0.1, 0.15) is 11.6 Å². The number of aromatic nitrogens is 2. The van der Waals surface area contributed by atoms with Gasteiger partial charge in [-0.1, -0.05) is 11.3 Å². The third-order valence-corrected chi connectivity index (χ3v) is 4.96. The number of aryl methyl sites for hydroxylation is 1. The van der Waals surface area contributed by atoms with Crippen LogP contribution in [-0.2, 0) is 0 Å². The van der Waals surface area contributed by atoms with E-state index >= 15 is 0 Å². The first kappa shape index (κ1) is 16.4. The third-order valence-electron chi connectivity index (χ3n) is 4.03. The normalized spacial score (nSPS) is 11.0. The molecule has 5 nitrogen and oxygen atoms in total. The number of halogens is 1. The fourth-order valence-corrected chi connectivity index (χ4v) is 3.61. The number of nitrogens with zero attached hydrogens (tertiary/aromatic N) is 2. The SMILES string of the molecule is COc1ccc2nc(NC(=O)c3cc4ccc(F)cc4nc3C)sc2c1. The van der Waals surface area contributed by atoms with Crippen LogP contribution in [0.1, 0.15) is 16.1 Å². The van der Waals surface area contributed by atoms with Gasteiger partial charge < -0.3 is 4.74 Å². The number of anilines is 1. The van der Waals surface area contributed by atoms with Crippen molar-refractivity contribution in [3.63, 3.8) is 0 Å². The Bertz CT molecular complexity index is 1160. The predicted octanol–water partition coefficient (Wildman–Crippen LogP) is 4.55. The van der Waals surface area contributed by atoms with Crippen LogP contribution in [0.3, 0.4) is 0 Å². The molecule has 0 spiro atoms. The summed E-state index contributed by atoms with van der Waals surface area (Å²) < 4.78 is 19.5.